The molecule has 3 rings (SSSR count). The number of alkyl halides is 3. The highest BCUT2D eigenvalue weighted by atomic mass is 19.4. The van der Waals surface area contributed by atoms with Crippen LogP contribution in [0.15, 0.2) is 48.5 Å². The van der Waals surface area contributed by atoms with Crippen molar-refractivity contribution in [2.45, 2.75) is 19.0 Å². The van der Waals surface area contributed by atoms with E-state index in [9.17, 15) is 13.2 Å². The van der Waals surface area contributed by atoms with Crippen LogP contribution in [0.25, 0.3) is 22.2 Å². The van der Waals surface area contributed by atoms with Crippen LogP contribution in [-0.4, -0.2) is 16.7 Å². The second-order valence-electron chi connectivity index (χ2n) is 5.92. The van der Waals surface area contributed by atoms with Gasteiger partial charge < -0.3 is 5.11 Å². The number of fused-ring (bicyclic) bond motifs is 1. The average molecular weight is 356 g/mol. The van der Waals surface area contributed by atoms with Crippen LogP contribution in [-0.2, 0) is 12.6 Å². The fourth-order valence-electron chi connectivity index (χ4n) is 2.84. The second-order valence-corrected chi connectivity index (χ2v) is 5.92. The molecule has 1 heterocycles. The normalized spacial score (nSPS) is 11.5. The van der Waals surface area contributed by atoms with Gasteiger partial charge in [0.15, 0.2) is 0 Å². The lowest BCUT2D eigenvalue weighted by Gasteiger charge is -2.13. The quantitative estimate of drug-likeness (QED) is 0.736. The number of rotatable bonds is 4. The van der Waals surface area contributed by atoms with Gasteiger partial charge >= 0.3 is 6.18 Å². The lowest BCUT2D eigenvalue weighted by atomic mass is 9.98. The maximum atomic E-state index is 13.0. The third-order valence-corrected chi connectivity index (χ3v) is 4.09. The molecule has 0 fully saturated rings. The van der Waals surface area contributed by atoms with Gasteiger partial charge in [-0.05, 0) is 54.8 Å². The van der Waals surface area contributed by atoms with Crippen molar-refractivity contribution in [1.82, 2.24) is 4.98 Å². The zero-order valence-corrected chi connectivity index (χ0v) is 13.7. The summed E-state index contributed by atoms with van der Waals surface area (Å²) in [5.74, 6) is 0. The number of nitrogens with zero attached hydrogens (tertiary/aromatic N) is 2. The monoisotopic (exact) mass is 356 g/mol. The third-order valence-electron chi connectivity index (χ3n) is 4.09. The maximum absolute atomic E-state index is 13.0. The van der Waals surface area contributed by atoms with Crippen molar-refractivity contribution >= 4 is 10.9 Å². The topological polar surface area (TPSA) is 56.9 Å². The van der Waals surface area contributed by atoms with E-state index in [0.717, 1.165) is 23.3 Å². The summed E-state index contributed by atoms with van der Waals surface area (Å²) < 4.78 is 38.9. The molecule has 0 aliphatic heterocycles. The Morgan fingerprint density at radius 2 is 1.88 bits per heavy atom. The first-order chi connectivity index (χ1) is 12.4. The number of hydrogen-bond acceptors (Lipinski definition) is 3. The van der Waals surface area contributed by atoms with E-state index in [2.05, 4.69) is 11.1 Å². The molecule has 0 radical (unpaired) electrons. The fourth-order valence-corrected chi connectivity index (χ4v) is 2.84. The molecule has 0 aliphatic carbocycles. The molecular formula is C20H15F3N2O. The molecule has 0 unspecified atom stereocenters. The minimum absolute atomic E-state index is 0.0295. The van der Waals surface area contributed by atoms with Crippen LogP contribution in [0.3, 0.4) is 0 Å². The second kappa shape index (κ2) is 7.14. The molecule has 0 bridgehead atoms. The molecule has 2 aromatic carbocycles. The van der Waals surface area contributed by atoms with Crippen LogP contribution < -0.4 is 0 Å². The zero-order valence-electron chi connectivity index (χ0n) is 13.7. The minimum atomic E-state index is -4.42. The average Bonchev–Trinajstić information content (AvgIpc) is 2.64. The highest BCUT2D eigenvalue weighted by Gasteiger charge is 2.30. The Balaban J connectivity index is 2.19. The molecule has 0 atom stereocenters. The van der Waals surface area contributed by atoms with E-state index in [-0.39, 0.29) is 6.61 Å². The summed E-state index contributed by atoms with van der Waals surface area (Å²) in [5.41, 5.74) is 2.27. The molecular weight excluding hydrogens is 341 g/mol. The fraction of sp³-hybridized carbons (Fsp3) is 0.200. The summed E-state index contributed by atoms with van der Waals surface area (Å²) in [6.45, 7) is -0.0295. The van der Waals surface area contributed by atoms with E-state index >= 15 is 0 Å². The molecule has 0 spiro atoms. The Bertz CT molecular complexity index is 990. The molecule has 0 amide bonds. The molecule has 132 valence electrons. The number of pyridine rings is 1. The van der Waals surface area contributed by atoms with Crippen molar-refractivity contribution in [3.8, 4) is 17.3 Å². The smallest absolute Gasteiger partial charge is 0.396 e. The Morgan fingerprint density at radius 1 is 1.08 bits per heavy atom. The van der Waals surface area contributed by atoms with Crippen LogP contribution in [0.4, 0.5) is 13.2 Å². The van der Waals surface area contributed by atoms with Crippen molar-refractivity contribution in [3.63, 3.8) is 0 Å². The molecule has 3 nitrogen and oxygen atoms in total. The molecule has 3 aromatic rings. The van der Waals surface area contributed by atoms with Crippen LogP contribution in [0, 0.1) is 11.3 Å². The molecule has 0 saturated heterocycles. The van der Waals surface area contributed by atoms with Crippen molar-refractivity contribution in [2.24, 2.45) is 0 Å². The van der Waals surface area contributed by atoms with Gasteiger partial charge in [0, 0.05) is 17.6 Å². The predicted molar refractivity (Wildman–Crippen MR) is 92.3 cm³/mol. The van der Waals surface area contributed by atoms with Gasteiger partial charge in [0.1, 0.15) is 0 Å². The van der Waals surface area contributed by atoms with Gasteiger partial charge in [-0.3, -0.25) is 0 Å². The van der Waals surface area contributed by atoms with Crippen LogP contribution in [0.2, 0.25) is 0 Å². The highest BCUT2D eigenvalue weighted by molar-refractivity contribution is 5.84. The van der Waals surface area contributed by atoms with Crippen LogP contribution in [0.5, 0.6) is 0 Å². The zero-order chi connectivity index (χ0) is 18.7. The van der Waals surface area contributed by atoms with E-state index in [0.29, 0.717) is 35.0 Å². The first kappa shape index (κ1) is 17.9. The summed E-state index contributed by atoms with van der Waals surface area (Å²) in [5, 5.41) is 18.6. The van der Waals surface area contributed by atoms with Crippen molar-refractivity contribution < 1.29 is 18.3 Å². The summed E-state index contributed by atoms with van der Waals surface area (Å²) in [7, 11) is 0. The number of halogens is 3. The summed E-state index contributed by atoms with van der Waals surface area (Å²) in [6, 6.07) is 14.1. The lowest BCUT2D eigenvalue weighted by molar-refractivity contribution is -0.137. The van der Waals surface area contributed by atoms with Crippen molar-refractivity contribution in [2.75, 3.05) is 6.61 Å². The van der Waals surface area contributed by atoms with Crippen molar-refractivity contribution in [1.29, 1.82) is 5.26 Å². The van der Waals surface area contributed by atoms with E-state index in [1.807, 2.05) is 6.07 Å². The summed E-state index contributed by atoms with van der Waals surface area (Å²) in [6.07, 6.45) is -3.47. The lowest BCUT2D eigenvalue weighted by Crippen LogP contribution is -2.05. The maximum Gasteiger partial charge on any atom is 0.416 e. The molecule has 0 saturated carbocycles. The molecule has 0 aliphatic rings. The largest absolute Gasteiger partial charge is 0.416 e. The van der Waals surface area contributed by atoms with Gasteiger partial charge in [0.2, 0.25) is 0 Å². The molecule has 1 N–H and O–H groups in total. The van der Waals surface area contributed by atoms with Crippen molar-refractivity contribution in [3.05, 3.63) is 65.2 Å². The number of benzene rings is 2. The Morgan fingerprint density at radius 3 is 2.58 bits per heavy atom. The summed E-state index contributed by atoms with van der Waals surface area (Å²) >= 11 is 0. The number of aryl methyl sites for hydroxylation is 1. The molecule has 26 heavy (non-hydrogen) atoms. The van der Waals surface area contributed by atoms with Gasteiger partial charge in [-0.2, -0.15) is 18.4 Å². The highest BCUT2D eigenvalue weighted by Crippen LogP contribution is 2.33. The van der Waals surface area contributed by atoms with E-state index in [1.54, 1.807) is 24.3 Å². The molecule has 6 heteroatoms. The van der Waals surface area contributed by atoms with Crippen LogP contribution >= 0.6 is 0 Å². The first-order valence-corrected chi connectivity index (χ1v) is 8.04. The number of hydrogen-bond donors (Lipinski definition) is 1. The third kappa shape index (κ3) is 3.68. The van der Waals surface area contributed by atoms with Gasteiger partial charge in [-0.25, -0.2) is 4.98 Å². The number of aliphatic hydroxyl groups excluding tert-OH is 1. The van der Waals surface area contributed by atoms with Gasteiger partial charge in [0.05, 0.1) is 28.4 Å². The van der Waals surface area contributed by atoms with E-state index in [1.165, 1.54) is 6.07 Å². The van der Waals surface area contributed by atoms with Gasteiger partial charge in [-0.1, -0.05) is 12.1 Å². The molecule has 1 aromatic heterocycles. The predicted octanol–water partition coefficient (Wildman–Crippen LogP) is 4.72. The summed E-state index contributed by atoms with van der Waals surface area (Å²) in [4.78, 5) is 4.54. The number of aromatic nitrogens is 1. The van der Waals surface area contributed by atoms with Gasteiger partial charge in [-0.15, -0.1) is 0 Å². The Hall–Kier alpha value is -2.91. The first-order valence-electron chi connectivity index (χ1n) is 8.04. The standard InChI is InChI=1S/C20H15F3N2O/c21-20(22,23)17-6-7-18-16(11-17)10-15(5-2-8-26)19(25-18)14-4-1-3-13(9-14)12-24/h1,3-4,6-7,9-11,26H,2,5,8H2. The minimum Gasteiger partial charge on any atom is -0.396 e. The van der Waals surface area contributed by atoms with Crippen LogP contribution in [0.1, 0.15) is 23.1 Å². The van der Waals surface area contributed by atoms with Gasteiger partial charge in [0.25, 0.3) is 0 Å². The number of nitriles is 1. The van der Waals surface area contributed by atoms with E-state index in [4.69, 9.17) is 10.4 Å². The Kier molecular flexibility index (Phi) is 4.92. The SMILES string of the molecule is N#Cc1cccc(-c2nc3ccc(C(F)(F)F)cc3cc2CCCO)c1. The van der Waals surface area contributed by atoms with E-state index < -0.39 is 11.7 Å². The Labute approximate surface area is 148 Å². The number of aliphatic hydroxyl groups is 1.